The van der Waals surface area contributed by atoms with E-state index in [1.54, 1.807) is 12.1 Å². The molecule has 0 aliphatic rings. The number of nitrogens with one attached hydrogen (secondary N) is 2. The predicted molar refractivity (Wildman–Crippen MR) is 103 cm³/mol. The van der Waals surface area contributed by atoms with Crippen LogP contribution in [0, 0.1) is 27.7 Å². The molecular weight excluding hydrogens is 344 g/mol. The van der Waals surface area contributed by atoms with Gasteiger partial charge in [-0.05, 0) is 51.5 Å². The van der Waals surface area contributed by atoms with Crippen molar-refractivity contribution in [3.05, 3.63) is 58.6 Å². The van der Waals surface area contributed by atoms with Crippen LogP contribution in [0.1, 0.15) is 40.0 Å². The molecule has 3 rings (SSSR count). The molecule has 7 nitrogen and oxygen atoms in total. The van der Waals surface area contributed by atoms with Crippen LogP contribution in [0.5, 0.6) is 0 Å². The van der Waals surface area contributed by atoms with Gasteiger partial charge in [-0.3, -0.25) is 14.2 Å². The van der Waals surface area contributed by atoms with Crippen LogP contribution >= 0.6 is 0 Å². The van der Waals surface area contributed by atoms with Crippen molar-refractivity contribution >= 4 is 23.2 Å². The largest absolute Gasteiger partial charge is 0.360 e. The second kappa shape index (κ2) is 7.11. The van der Waals surface area contributed by atoms with E-state index in [1.165, 1.54) is 6.92 Å². The highest BCUT2D eigenvalue weighted by molar-refractivity contribution is 6.06. The standard InChI is InChI=1S/C20H22N4O3/c1-11-6-7-16(10-18(11)21-15(5)25)22-20(26)17-8-12(2)24(14(17)4)19-9-13(3)27-23-19/h6-10H,1-5H3,(H,21,25)(H,22,26). The van der Waals surface area contributed by atoms with Gasteiger partial charge in [0.05, 0.1) is 5.56 Å². The molecule has 1 aromatic carbocycles. The number of hydrogen-bond donors (Lipinski definition) is 2. The maximum absolute atomic E-state index is 12.8. The number of hydrogen-bond acceptors (Lipinski definition) is 4. The molecule has 2 heterocycles. The third-order valence-electron chi connectivity index (χ3n) is 4.33. The molecule has 0 fully saturated rings. The highest BCUT2D eigenvalue weighted by Gasteiger charge is 2.18. The third kappa shape index (κ3) is 3.76. The van der Waals surface area contributed by atoms with E-state index in [4.69, 9.17) is 4.52 Å². The number of carbonyl (C=O) groups is 2. The van der Waals surface area contributed by atoms with Gasteiger partial charge in [0.2, 0.25) is 5.91 Å². The number of aromatic nitrogens is 2. The van der Waals surface area contributed by atoms with E-state index >= 15 is 0 Å². The number of rotatable bonds is 4. The van der Waals surface area contributed by atoms with Crippen LogP contribution in [0.25, 0.3) is 5.82 Å². The van der Waals surface area contributed by atoms with Crippen LogP contribution < -0.4 is 10.6 Å². The average molecular weight is 366 g/mol. The van der Waals surface area contributed by atoms with E-state index < -0.39 is 0 Å². The Bertz CT molecular complexity index is 1030. The zero-order valence-electron chi connectivity index (χ0n) is 16.0. The molecule has 0 aliphatic heterocycles. The van der Waals surface area contributed by atoms with Crippen molar-refractivity contribution in [3.63, 3.8) is 0 Å². The van der Waals surface area contributed by atoms with Crippen LogP contribution in [0.15, 0.2) is 34.9 Å². The Labute approximate surface area is 157 Å². The Kier molecular flexibility index (Phi) is 4.85. The lowest BCUT2D eigenvalue weighted by Gasteiger charge is -2.11. The number of benzene rings is 1. The van der Waals surface area contributed by atoms with E-state index in [1.807, 2.05) is 50.5 Å². The molecular formula is C20H22N4O3. The highest BCUT2D eigenvalue weighted by atomic mass is 16.5. The first-order chi connectivity index (χ1) is 12.8. The molecule has 7 heteroatoms. The topological polar surface area (TPSA) is 89.2 Å². The van der Waals surface area contributed by atoms with E-state index in [2.05, 4.69) is 15.8 Å². The molecule has 2 N–H and O–H groups in total. The van der Waals surface area contributed by atoms with E-state index in [9.17, 15) is 9.59 Å². The fourth-order valence-corrected chi connectivity index (χ4v) is 3.03. The van der Waals surface area contributed by atoms with Gasteiger partial charge in [0.25, 0.3) is 5.91 Å². The number of nitrogens with zero attached hydrogens (tertiary/aromatic N) is 2. The molecule has 27 heavy (non-hydrogen) atoms. The second-order valence-corrected chi connectivity index (χ2v) is 6.58. The van der Waals surface area contributed by atoms with E-state index in [0.29, 0.717) is 28.5 Å². The van der Waals surface area contributed by atoms with Crippen LogP contribution in [0.3, 0.4) is 0 Å². The summed E-state index contributed by atoms with van der Waals surface area (Å²) in [7, 11) is 0. The molecule has 0 bridgehead atoms. The zero-order chi connectivity index (χ0) is 19.7. The molecule has 0 spiro atoms. The third-order valence-corrected chi connectivity index (χ3v) is 4.33. The fraction of sp³-hybridized carbons (Fsp3) is 0.250. The van der Waals surface area contributed by atoms with Gasteiger partial charge in [0.15, 0.2) is 5.82 Å². The molecule has 0 atom stereocenters. The van der Waals surface area contributed by atoms with Crippen molar-refractivity contribution in [1.29, 1.82) is 0 Å². The Morgan fingerprint density at radius 3 is 2.41 bits per heavy atom. The van der Waals surface area contributed by atoms with Crippen LogP contribution in [-0.4, -0.2) is 21.5 Å². The number of anilines is 2. The molecule has 140 valence electrons. The Morgan fingerprint density at radius 1 is 1.04 bits per heavy atom. The maximum atomic E-state index is 12.8. The van der Waals surface area contributed by atoms with Crippen LogP contribution in [0.2, 0.25) is 0 Å². The molecule has 2 amide bonds. The smallest absolute Gasteiger partial charge is 0.257 e. The van der Waals surface area contributed by atoms with E-state index in [0.717, 1.165) is 17.0 Å². The average Bonchev–Trinajstić information content (AvgIpc) is 3.13. The summed E-state index contributed by atoms with van der Waals surface area (Å²) in [5, 5.41) is 9.68. The minimum Gasteiger partial charge on any atom is -0.360 e. The van der Waals surface area contributed by atoms with Crippen molar-refractivity contribution in [1.82, 2.24) is 9.72 Å². The van der Waals surface area contributed by atoms with Gasteiger partial charge in [0.1, 0.15) is 5.76 Å². The van der Waals surface area contributed by atoms with Gasteiger partial charge in [-0.15, -0.1) is 0 Å². The van der Waals surface area contributed by atoms with Crippen molar-refractivity contribution < 1.29 is 14.1 Å². The first-order valence-electron chi connectivity index (χ1n) is 8.58. The van der Waals surface area contributed by atoms with Gasteiger partial charge in [-0.25, -0.2) is 0 Å². The lowest BCUT2D eigenvalue weighted by molar-refractivity contribution is -0.114. The first kappa shape index (κ1) is 18.4. The second-order valence-electron chi connectivity index (χ2n) is 6.58. The summed E-state index contributed by atoms with van der Waals surface area (Å²) in [4.78, 5) is 24.1. The number of carbonyl (C=O) groups excluding carboxylic acids is 2. The summed E-state index contributed by atoms with van der Waals surface area (Å²) in [5.74, 6) is 0.957. The molecule has 0 unspecified atom stereocenters. The van der Waals surface area contributed by atoms with Crippen molar-refractivity contribution in [2.75, 3.05) is 10.6 Å². The summed E-state index contributed by atoms with van der Waals surface area (Å²) in [6.45, 7) is 8.94. The number of amides is 2. The lowest BCUT2D eigenvalue weighted by atomic mass is 10.1. The SMILES string of the molecule is CC(=O)Nc1cc(NC(=O)c2cc(C)n(-c3cc(C)on3)c2C)ccc1C. The number of aryl methyl sites for hydroxylation is 3. The molecule has 0 saturated heterocycles. The first-order valence-corrected chi connectivity index (χ1v) is 8.58. The monoisotopic (exact) mass is 366 g/mol. The van der Waals surface area contributed by atoms with E-state index in [-0.39, 0.29) is 11.8 Å². The summed E-state index contributed by atoms with van der Waals surface area (Å²) in [6, 6.07) is 9.04. The molecule has 0 aliphatic carbocycles. The minimum absolute atomic E-state index is 0.159. The summed E-state index contributed by atoms with van der Waals surface area (Å²) >= 11 is 0. The van der Waals surface area contributed by atoms with Gasteiger partial charge in [-0.1, -0.05) is 11.2 Å². The van der Waals surface area contributed by atoms with Gasteiger partial charge < -0.3 is 15.2 Å². The summed E-state index contributed by atoms with van der Waals surface area (Å²) < 4.78 is 7.02. The van der Waals surface area contributed by atoms with Gasteiger partial charge >= 0.3 is 0 Å². The van der Waals surface area contributed by atoms with Crippen molar-refractivity contribution in [3.8, 4) is 5.82 Å². The van der Waals surface area contributed by atoms with Gasteiger partial charge in [-0.2, -0.15) is 0 Å². The summed E-state index contributed by atoms with van der Waals surface area (Å²) in [5.41, 5.74) is 4.40. The maximum Gasteiger partial charge on any atom is 0.257 e. The summed E-state index contributed by atoms with van der Waals surface area (Å²) in [6.07, 6.45) is 0. The highest BCUT2D eigenvalue weighted by Crippen LogP contribution is 2.24. The lowest BCUT2D eigenvalue weighted by Crippen LogP contribution is -2.14. The van der Waals surface area contributed by atoms with Gasteiger partial charge in [0, 0.05) is 35.8 Å². The molecule has 0 saturated carbocycles. The Balaban J connectivity index is 1.88. The molecule has 3 aromatic rings. The van der Waals surface area contributed by atoms with Crippen LogP contribution in [-0.2, 0) is 4.79 Å². The predicted octanol–water partition coefficient (Wildman–Crippen LogP) is 3.91. The zero-order valence-corrected chi connectivity index (χ0v) is 16.0. The quantitative estimate of drug-likeness (QED) is 0.733. The Morgan fingerprint density at radius 2 is 1.78 bits per heavy atom. The Hall–Kier alpha value is -3.35. The normalized spacial score (nSPS) is 10.7. The molecule has 0 radical (unpaired) electrons. The minimum atomic E-state index is -0.229. The van der Waals surface area contributed by atoms with Crippen molar-refractivity contribution in [2.45, 2.75) is 34.6 Å². The molecule has 2 aromatic heterocycles. The van der Waals surface area contributed by atoms with Crippen molar-refractivity contribution in [2.24, 2.45) is 0 Å². The fourth-order valence-electron chi connectivity index (χ4n) is 3.03. The van der Waals surface area contributed by atoms with Crippen LogP contribution in [0.4, 0.5) is 11.4 Å².